The first kappa shape index (κ1) is 16.2. The van der Waals surface area contributed by atoms with Crippen molar-refractivity contribution in [1.29, 1.82) is 0 Å². The molecule has 0 saturated heterocycles. The minimum Gasteiger partial charge on any atom is -0.330 e. The average molecular weight is 307 g/mol. The number of amides is 1. The van der Waals surface area contributed by atoms with Crippen LogP contribution in [0.4, 0.5) is 10.1 Å². The van der Waals surface area contributed by atoms with E-state index >= 15 is 0 Å². The van der Waals surface area contributed by atoms with Crippen molar-refractivity contribution >= 4 is 34.8 Å². The van der Waals surface area contributed by atoms with Crippen molar-refractivity contribution in [1.82, 2.24) is 0 Å². The Labute approximate surface area is 122 Å². The molecule has 0 bridgehead atoms. The predicted octanol–water partition coefficient (Wildman–Crippen LogP) is 3.69. The van der Waals surface area contributed by atoms with E-state index in [4.69, 9.17) is 28.9 Å². The maximum absolute atomic E-state index is 13.0. The fraction of sp³-hybridized carbons (Fsp3) is 0.462. The Kier molecular flexibility index (Phi) is 6.04. The third-order valence-electron chi connectivity index (χ3n) is 2.67. The van der Waals surface area contributed by atoms with Gasteiger partial charge in [0.25, 0.3) is 0 Å². The van der Waals surface area contributed by atoms with Crippen molar-refractivity contribution in [2.75, 3.05) is 11.9 Å². The number of nitrogens with one attached hydrogen (secondary N) is 1. The minimum atomic E-state index is -0.550. The molecule has 0 aliphatic heterocycles. The summed E-state index contributed by atoms with van der Waals surface area (Å²) in [6, 6.07) is 2.20. The van der Waals surface area contributed by atoms with Gasteiger partial charge in [-0.3, -0.25) is 4.79 Å². The third-order valence-corrected chi connectivity index (χ3v) is 3.26. The summed E-state index contributed by atoms with van der Waals surface area (Å²) >= 11 is 11.7. The summed E-state index contributed by atoms with van der Waals surface area (Å²) in [7, 11) is 0. The molecule has 1 rings (SSSR count). The highest BCUT2D eigenvalue weighted by Gasteiger charge is 2.20. The molecule has 0 aliphatic carbocycles. The molecule has 106 valence electrons. The first-order valence-corrected chi connectivity index (χ1v) is 6.76. The van der Waals surface area contributed by atoms with E-state index in [2.05, 4.69) is 5.32 Å². The number of carbonyl (C=O) groups is 1. The fourth-order valence-corrected chi connectivity index (χ4v) is 2.32. The van der Waals surface area contributed by atoms with E-state index in [1.807, 2.05) is 13.8 Å². The van der Waals surface area contributed by atoms with E-state index in [0.717, 1.165) is 12.1 Å². The summed E-state index contributed by atoms with van der Waals surface area (Å²) in [6.07, 6.45) is 0.665. The Morgan fingerprint density at radius 2 is 1.89 bits per heavy atom. The lowest BCUT2D eigenvalue weighted by Gasteiger charge is -2.18. The Bertz CT molecular complexity index is 443. The molecule has 3 nitrogen and oxygen atoms in total. The van der Waals surface area contributed by atoms with Crippen LogP contribution in [0.15, 0.2) is 12.1 Å². The third kappa shape index (κ3) is 4.64. The largest absolute Gasteiger partial charge is 0.330 e. The molecule has 1 amide bonds. The molecule has 3 N–H and O–H groups in total. The Balaban J connectivity index is 2.87. The monoisotopic (exact) mass is 306 g/mol. The predicted molar refractivity (Wildman–Crippen MR) is 77.0 cm³/mol. The van der Waals surface area contributed by atoms with Crippen LogP contribution >= 0.6 is 23.2 Å². The smallest absolute Gasteiger partial charge is 0.228 e. The molecule has 1 unspecified atom stereocenters. The van der Waals surface area contributed by atoms with E-state index in [1.165, 1.54) is 0 Å². The molecule has 0 aliphatic rings. The van der Waals surface area contributed by atoms with Gasteiger partial charge < -0.3 is 11.1 Å². The van der Waals surface area contributed by atoms with Gasteiger partial charge in [0.05, 0.1) is 21.7 Å². The van der Waals surface area contributed by atoms with Crippen LogP contribution in [0, 0.1) is 17.7 Å². The van der Waals surface area contributed by atoms with Crippen molar-refractivity contribution < 1.29 is 9.18 Å². The Morgan fingerprint density at radius 3 is 2.32 bits per heavy atom. The maximum Gasteiger partial charge on any atom is 0.228 e. The van der Waals surface area contributed by atoms with E-state index in [9.17, 15) is 9.18 Å². The number of rotatable bonds is 5. The SMILES string of the molecule is CC(C)CC(CN)C(=O)Nc1c(Cl)cc(F)cc1Cl. The molecule has 0 saturated carbocycles. The molecule has 1 aromatic rings. The van der Waals surface area contributed by atoms with Crippen LogP contribution in [0.3, 0.4) is 0 Å². The highest BCUT2D eigenvalue weighted by atomic mass is 35.5. The molecule has 1 atom stereocenters. The summed E-state index contributed by atoms with van der Waals surface area (Å²) in [4.78, 5) is 12.1. The molecular formula is C13H17Cl2FN2O. The number of anilines is 1. The van der Waals surface area contributed by atoms with Gasteiger partial charge in [-0.15, -0.1) is 0 Å². The number of carbonyl (C=O) groups excluding carboxylic acids is 1. The summed E-state index contributed by atoms with van der Waals surface area (Å²) in [5, 5.41) is 2.75. The molecule has 0 fully saturated rings. The Morgan fingerprint density at radius 1 is 1.37 bits per heavy atom. The molecular weight excluding hydrogens is 290 g/mol. The van der Waals surface area contributed by atoms with Gasteiger partial charge in [-0.25, -0.2) is 4.39 Å². The van der Waals surface area contributed by atoms with Crippen molar-refractivity contribution in [3.05, 3.63) is 28.0 Å². The van der Waals surface area contributed by atoms with E-state index in [0.29, 0.717) is 12.3 Å². The second-order valence-corrected chi connectivity index (χ2v) is 5.61. The maximum atomic E-state index is 13.0. The van der Waals surface area contributed by atoms with Crippen molar-refractivity contribution in [2.24, 2.45) is 17.6 Å². The lowest BCUT2D eigenvalue weighted by atomic mass is 9.96. The van der Waals surface area contributed by atoms with Gasteiger partial charge in [-0.2, -0.15) is 0 Å². The topological polar surface area (TPSA) is 55.1 Å². The highest BCUT2D eigenvalue weighted by molar-refractivity contribution is 6.39. The van der Waals surface area contributed by atoms with Crippen molar-refractivity contribution in [3.63, 3.8) is 0 Å². The first-order chi connectivity index (χ1) is 8.85. The summed E-state index contributed by atoms with van der Waals surface area (Å²) in [5.41, 5.74) is 5.81. The van der Waals surface area contributed by atoms with Crippen LogP contribution < -0.4 is 11.1 Å². The molecule has 0 heterocycles. The van der Waals surface area contributed by atoms with Gasteiger partial charge in [0.1, 0.15) is 5.82 Å². The number of halogens is 3. The molecule has 0 radical (unpaired) electrons. The zero-order valence-electron chi connectivity index (χ0n) is 10.8. The fourth-order valence-electron chi connectivity index (χ4n) is 1.77. The number of benzene rings is 1. The number of hydrogen-bond donors (Lipinski definition) is 2. The average Bonchev–Trinajstić information content (AvgIpc) is 2.30. The zero-order chi connectivity index (χ0) is 14.6. The standard InChI is InChI=1S/C13H17Cl2FN2O/c1-7(2)3-8(6-17)13(19)18-12-10(14)4-9(16)5-11(12)15/h4-5,7-8H,3,6,17H2,1-2H3,(H,18,19). The molecule has 6 heteroatoms. The van der Waals surface area contributed by atoms with Crippen LogP contribution in [0.25, 0.3) is 0 Å². The van der Waals surface area contributed by atoms with E-state index < -0.39 is 5.82 Å². The lowest BCUT2D eigenvalue weighted by Crippen LogP contribution is -2.30. The lowest BCUT2D eigenvalue weighted by molar-refractivity contribution is -0.120. The quantitative estimate of drug-likeness (QED) is 0.871. The van der Waals surface area contributed by atoms with Crippen molar-refractivity contribution in [2.45, 2.75) is 20.3 Å². The van der Waals surface area contributed by atoms with Gasteiger partial charge in [-0.05, 0) is 24.5 Å². The molecule has 0 aromatic heterocycles. The van der Waals surface area contributed by atoms with Gasteiger partial charge >= 0.3 is 0 Å². The second kappa shape index (κ2) is 7.08. The first-order valence-electron chi connectivity index (χ1n) is 6.00. The normalized spacial score (nSPS) is 12.6. The molecule has 19 heavy (non-hydrogen) atoms. The van der Waals surface area contributed by atoms with Crippen LogP contribution in [-0.4, -0.2) is 12.5 Å². The second-order valence-electron chi connectivity index (χ2n) is 4.80. The summed E-state index contributed by atoms with van der Waals surface area (Å²) < 4.78 is 13.0. The molecule has 0 spiro atoms. The van der Waals surface area contributed by atoms with Gasteiger partial charge in [0.2, 0.25) is 5.91 Å². The zero-order valence-corrected chi connectivity index (χ0v) is 12.4. The van der Waals surface area contributed by atoms with Crippen LogP contribution in [0.1, 0.15) is 20.3 Å². The summed E-state index contributed by atoms with van der Waals surface area (Å²) in [6.45, 7) is 4.25. The van der Waals surface area contributed by atoms with Gasteiger partial charge in [0, 0.05) is 6.54 Å². The highest BCUT2D eigenvalue weighted by Crippen LogP contribution is 2.31. The number of hydrogen-bond acceptors (Lipinski definition) is 2. The van der Waals surface area contributed by atoms with Crippen LogP contribution in [-0.2, 0) is 4.79 Å². The van der Waals surface area contributed by atoms with Crippen LogP contribution in [0.5, 0.6) is 0 Å². The number of nitrogens with two attached hydrogens (primary N) is 1. The summed E-state index contributed by atoms with van der Waals surface area (Å²) in [5.74, 6) is -0.784. The van der Waals surface area contributed by atoms with Crippen LogP contribution in [0.2, 0.25) is 10.0 Å². The Hall–Kier alpha value is -0.840. The van der Waals surface area contributed by atoms with Gasteiger partial charge in [0.15, 0.2) is 0 Å². The van der Waals surface area contributed by atoms with E-state index in [-0.39, 0.29) is 34.1 Å². The van der Waals surface area contributed by atoms with Crippen molar-refractivity contribution in [3.8, 4) is 0 Å². The molecule has 1 aromatic carbocycles. The van der Waals surface area contributed by atoms with Gasteiger partial charge in [-0.1, -0.05) is 37.0 Å². The van der Waals surface area contributed by atoms with E-state index in [1.54, 1.807) is 0 Å². The minimum absolute atomic E-state index is 0.0682.